The van der Waals surface area contributed by atoms with Crippen LogP contribution >= 0.6 is 0 Å². The van der Waals surface area contributed by atoms with Gasteiger partial charge in [0.25, 0.3) is 0 Å². The highest BCUT2D eigenvalue weighted by Gasteiger charge is 2.72. The Kier molecular flexibility index (Phi) is 5.03. The minimum atomic E-state index is 0.183. The van der Waals surface area contributed by atoms with Crippen molar-refractivity contribution in [3.63, 3.8) is 0 Å². The number of hydrogen-bond donors (Lipinski definition) is 0. The Balaban J connectivity index is 2.04. The van der Waals surface area contributed by atoms with Gasteiger partial charge in [-0.25, -0.2) is 0 Å². The summed E-state index contributed by atoms with van der Waals surface area (Å²) in [6.07, 6.45) is 7.94. The normalized spacial score (nSPS) is 31.2. The van der Waals surface area contributed by atoms with E-state index < -0.39 is 0 Å². The molecule has 3 heterocycles. The van der Waals surface area contributed by atoms with Crippen LogP contribution in [0.5, 0.6) is 0 Å². The van der Waals surface area contributed by atoms with Crippen molar-refractivity contribution < 1.29 is 0 Å². The summed E-state index contributed by atoms with van der Waals surface area (Å²) >= 11 is 0. The van der Waals surface area contributed by atoms with Crippen molar-refractivity contribution in [2.45, 2.75) is 142 Å². The highest BCUT2D eigenvalue weighted by molar-refractivity contribution is 7.34. The molecule has 0 radical (unpaired) electrons. The van der Waals surface area contributed by atoms with Gasteiger partial charge in [0.2, 0.25) is 0 Å². The van der Waals surface area contributed by atoms with Gasteiger partial charge in [0.1, 0.15) is 0 Å². The molecule has 0 bridgehead atoms. The number of nitrogens with zero attached hydrogens (tertiary/aromatic N) is 3. The first kappa shape index (κ1) is 21.7. The van der Waals surface area contributed by atoms with Crippen LogP contribution in [-0.4, -0.2) is 55.8 Å². The average molecular weight is 373 g/mol. The van der Waals surface area contributed by atoms with Crippen molar-refractivity contribution in [2.24, 2.45) is 0 Å². The predicted molar refractivity (Wildman–Crippen MR) is 121 cm³/mol. The van der Waals surface area contributed by atoms with Crippen LogP contribution in [0.25, 0.3) is 0 Å². The molecule has 3 aliphatic rings. The Labute approximate surface area is 170 Å². The molecule has 0 atom stereocenters. The van der Waals surface area contributed by atoms with Crippen LogP contribution in [0.15, 0.2) is 0 Å². The van der Waals surface area contributed by atoms with Crippen LogP contribution in [0, 0.1) is 0 Å². The summed E-state index contributed by atoms with van der Waals surface area (Å²) < 4.78 is 2.82. The molecule has 0 saturated carbocycles. The van der Waals surface area contributed by atoms with E-state index in [1.54, 1.807) is 0 Å². The lowest BCUT2D eigenvalue weighted by Gasteiger charge is -2.55. The van der Waals surface area contributed by atoms with Crippen molar-refractivity contribution in [3.8, 4) is 0 Å². The van der Waals surface area contributed by atoms with Crippen molar-refractivity contribution >= 4 is 13.7 Å². The highest BCUT2D eigenvalue weighted by atomic mass is 15.4. The van der Waals surface area contributed by atoms with Crippen LogP contribution in [0.2, 0.25) is 0 Å². The standard InChI is InChI=1S/C22H45B2N3/c1-18(2,3)27-23(25-19(4,5)14-12-15-20(25,6)7)24(27)26-21(8,9)16-13-17-22(26,10)11/h12-17H2,1-11H3. The first-order valence-corrected chi connectivity index (χ1v) is 11.4. The molecule has 0 aromatic rings. The van der Waals surface area contributed by atoms with Gasteiger partial charge in [0, 0.05) is 22.2 Å². The average Bonchev–Trinajstić information content (AvgIpc) is 3.07. The van der Waals surface area contributed by atoms with Crippen molar-refractivity contribution in [1.29, 1.82) is 0 Å². The van der Waals surface area contributed by atoms with Crippen molar-refractivity contribution in [2.75, 3.05) is 0 Å². The smallest absolute Gasteiger partial charge is 0.302 e. The first-order valence-electron chi connectivity index (χ1n) is 11.4. The second-order valence-corrected chi connectivity index (χ2v) is 13.1. The molecule has 0 unspecified atom stereocenters. The summed E-state index contributed by atoms with van der Waals surface area (Å²) in [5.74, 6) is 0. The number of piperidine rings is 2. The predicted octanol–water partition coefficient (Wildman–Crippen LogP) is 5.24. The minimum absolute atomic E-state index is 0.183. The van der Waals surface area contributed by atoms with E-state index in [1.165, 1.54) is 38.5 Å². The van der Waals surface area contributed by atoms with E-state index >= 15 is 0 Å². The molecule has 0 spiro atoms. The second-order valence-electron chi connectivity index (χ2n) is 13.1. The molecule has 3 aliphatic heterocycles. The van der Waals surface area contributed by atoms with Gasteiger partial charge in [-0.15, -0.1) is 0 Å². The second kappa shape index (κ2) is 6.25. The van der Waals surface area contributed by atoms with Gasteiger partial charge in [-0.05, 0) is 120 Å². The molecule has 0 N–H and O–H groups in total. The molecule has 27 heavy (non-hydrogen) atoms. The van der Waals surface area contributed by atoms with E-state index in [0.717, 1.165) is 0 Å². The van der Waals surface area contributed by atoms with Crippen LogP contribution in [0.3, 0.4) is 0 Å². The van der Waals surface area contributed by atoms with Crippen LogP contribution in [0.4, 0.5) is 0 Å². The first-order chi connectivity index (χ1) is 12.0. The fraction of sp³-hybridized carbons (Fsp3) is 1.00. The molecule has 3 saturated heterocycles. The van der Waals surface area contributed by atoms with Crippen LogP contribution in [-0.2, 0) is 0 Å². The van der Waals surface area contributed by atoms with Crippen LogP contribution < -0.4 is 0 Å². The maximum Gasteiger partial charge on any atom is 0.302 e. The molecular formula is C22H45B2N3. The van der Waals surface area contributed by atoms with Crippen LogP contribution in [0.1, 0.15) is 115 Å². The van der Waals surface area contributed by atoms with Crippen molar-refractivity contribution in [1.82, 2.24) is 14.3 Å². The quantitative estimate of drug-likeness (QED) is 0.484. The third-order valence-electron chi connectivity index (χ3n) is 7.81. The Hall–Kier alpha value is 0.00987. The molecule has 3 nitrogen and oxygen atoms in total. The lowest BCUT2D eigenvalue weighted by molar-refractivity contribution is 0.0463. The maximum absolute atomic E-state index is 2.90. The Morgan fingerprint density at radius 1 is 0.556 bits per heavy atom. The van der Waals surface area contributed by atoms with Gasteiger partial charge in [0.05, 0.1) is 0 Å². The Morgan fingerprint density at radius 3 is 1.04 bits per heavy atom. The highest BCUT2D eigenvalue weighted by Crippen LogP contribution is 2.51. The zero-order valence-corrected chi connectivity index (χ0v) is 20.2. The van der Waals surface area contributed by atoms with E-state index in [0.29, 0.717) is 13.7 Å². The molecule has 0 amide bonds. The zero-order chi connectivity index (χ0) is 20.6. The molecule has 3 rings (SSSR count). The molecule has 0 aromatic heterocycles. The molecule has 5 heteroatoms. The summed E-state index contributed by atoms with van der Waals surface area (Å²) in [6, 6.07) is 0. The lowest BCUT2D eigenvalue weighted by Crippen LogP contribution is -2.67. The molecule has 0 aromatic carbocycles. The monoisotopic (exact) mass is 373 g/mol. The van der Waals surface area contributed by atoms with Gasteiger partial charge in [-0.2, -0.15) is 0 Å². The summed E-state index contributed by atoms with van der Waals surface area (Å²) in [6.45, 7) is 28.1. The lowest BCUT2D eigenvalue weighted by atomic mass is 9.46. The Bertz CT molecular complexity index is 501. The summed E-state index contributed by atoms with van der Waals surface area (Å²) in [7, 11) is 0. The summed E-state index contributed by atoms with van der Waals surface area (Å²) in [5, 5.41) is 0. The van der Waals surface area contributed by atoms with Gasteiger partial charge in [0.15, 0.2) is 0 Å². The minimum Gasteiger partial charge on any atom is -0.359 e. The topological polar surface area (TPSA) is 9.49 Å². The SMILES string of the molecule is CC(C)(C)N1B(N2C(C)(C)CCCC2(C)C)B1N1C(C)(C)CCCC1(C)C. The molecule has 154 valence electrons. The van der Waals surface area contributed by atoms with Gasteiger partial charge < -0.3 is 14.3 Å². The zero-order valence-electron chi connectivity index (χ0n) is 20.2. The molecule has 0 aliphatic carbocycles. The van der Waals surface area contributed by atoms with Crippen molar-refractivity contribution in [3.05, 3.63) is 0 Å². The van der Waals surface area contributed by atoms with Gasteiger partial charge >= 0.3 is 13.7 Å². The fourth-order valence-electron chi connectivity index (χ4n) is 6.98. The number of hydrogen-bond acceptors (Lipinski definition) is 3. The third kappa shape index (κ3) is 3.66. The fourth-order valence-corrected chi connectivity index (χ4v) is 6.98. The van der Waals surface area contributed by atoms with E-state index in [4.69, 9.17) is 0 Å². The maximum atomic E-state index is 2.90. The molecular weight excluding hydrogens is 328 g/mol. The largest absolute Gasteiger partial charge is 0.359 e. The van der Waals surface area contributed by atoms with E-state index in [-0.39, 0.29) is 27.7 Å². The van der Waals surface area contributed by atoms with E-state index in [2.05, 4.69) is 90.5 Å². The molecule has 3 fully saturated rings. The van der Waals surface area contributed by atoms with E-state index in [9.17, 15) is 0 Å². The third-order valence-corrected chi connectivity index (χ3v) is 7.81. The van der Waals surface area contributed by atoms with Gasteiger partial charge in [-0.3, -0.25) is 0 Å². The summed E-state index contributed by atoms with van der Waals surface area (Å²) in [4.78, 5) is 5.81. The summed E-state index contributed by atoms with van der Waals surface area (Å²) in [5.41, 5.74) is 1.22. The number of rotatable bonds is 2. The van der Waals surface area contributed by atoms with Gasteiger partial charge in [-0.1, -0.05) is 0 Å². The van der Waals surface area contributed by atoms with E-state index in [1.807, 2.05) is 0 Å². The Morgan fingerprint density at radius 2 is 0.815 bits per heavy atom.